The molecular weight excluding hydrogens is 312 g/mol. The number of hydrogen-bond acceptors (Lipinski definition) is 8. The Hall–Kier alpha value is -2.71. The number of anilines is 2. The molecule has 2 aromatic rings. The van der Waals surface area contributed by atoms with Crippen molar-refractivity contribution in [2.45, 2.75) is 25.7 Å². The van der Waals surface area contributed by atoms with Gasteiger partial charge in [0.25, 0.3) is 5.95 Å². The number of nitrogens with zero attached hydrogens (tertiary/aromatic N) is 6. The van der Waals surface area contributed by atoms with Gasteiger partial charge in [0.05, 0.1) is 10.8 Å². The average molecular weight is 332 g/mol. The zero-order valence-corrected chi connectivity index (χ0v) is 14.0. The normalized spacial score (nSPS) is 17.8. The Bertz CT molecular complexity index is 745. The highest BCUT2D eigenvalue weighted by Gasteiger charge is 2.30. The first-order valence-corrected chi connectivity index (χ1v) is 7.83. The number of rotatable bonds is 4. The van der Waals surface area contributed by atoms with E-state index in [1.165, 1.54) is 6.07 Å². The lowest BCUT2D eigenvalue weighted by molar-refractivity contribution is -0.384. The molecule has 3 heterocycles. The number of nitro groups is 1. The molecule has 1 saturated heterocycles. The summed E-state index contributed by atoms with van der Waals surface area (Å²) in [6, 6.07) is 3.17. The molecule has 1 aliphatic heterocycles. The Morgan fingerprint density at radius 3 is 2.83 bits per heavy atom. The van der Waals surface area contributed by atoms with Gasteiger partial charge in [-0.25, -0.2) is 4.98 Å². The zero-order valence-electron chi connectivity index (χ0n) is 14.0. The molecule has 24 heavy (non-hydrogen) atoms. The van der Waals surface area contributed by atoms with Crippen molar-refractivity contribution < 1.29 is 9.45 Å². The second-order valence-electron chi connectivity index (χ2n) is 6.16. The molecule has 1 aliphatic rings. The van der Waals surface area contributed by atoms with Crippen molar-refractivity contribution in [3.05, 3.63) is 33.8 Å². The highest BCUT2D eigenvalue weighted by molar-refractivity contribution is 5.58. The van der Waals surface area contributed by atoms with Crippen molar-refractivity contribution >= 4 is 17.5 Å². The second kappa shape index (κ2) is 6.42. The third-order valence-electron chi connectivity index (χ3n) is 4.09. The molecule has 1 atom stereocenters. The van der Waals surface area contributed by atoms with Crippen LogP contribution in [-0.4, -0.2) is 47.2 Å². The van der Waals surface area contributed by atoms with E-state index in [0.29, 0.717) is 24.2 Å². The van der Waals surface area contributed by atoms with Crippen LogP contribution in [0.25, 0.3) is 0 Å². The van der Waals surface area contributed by atoms with Gasteiger partial charge < -0.3 is 14.3 Å². The maximum absolute atomic E-state index is 11.3. The van der Waals surface area contributed by atoms with E-state index in [0.717, 1.165) is 25.1 Å². The van der Waals surface area contributed by atoms with Crippen LogP contribution in [0, 0.1) is 17.0 Å². The highest BCUT2D eigenvalue weighted by Crippen LogP contribution is 2.33. The number of pyridine rings is 1. The highest BCUT2D eigenvalue weighted by atomic mass is 16.6. The molecule has 3 rings (SSSR count). The summed E-state index contributed by atoms with van der Waals surface area (Å²) >= 11 is 0. The van der Waals surface area contributed by atoms with Gasteiger partial charge in [0, 0.05) is 38.9 Å². The van der Waals surface area contributed by atoms with E-state index in [4.69, 9.17) is 4.52 Å². The minimum atomic E-state index is -0.387. The smallest absolute Gasteiger partial charge is 0.311 e. The van der Waals surface area contributed by atoms with Crippen molar-refractivity contribution in [1.29, 1.82) is 0 Å². The molecule has 9 heteroatoms. The summed E-state index contributed by atoms with van der Waals surface area (Å²) in [7, 11) is 3.70. The molecule has 0 radical (unpaired) electrons. The van der Waals surface area contributed by atoms with Crippen LogP contribution in [0.15, 0.2) is 16.7 Å². The first-order chi connectivity index (χ1) is 11.5. The van der Waals surface area contributed by atoms with Crippen LogP contribution in [-0.2, 0) is 0 Å². The fourth-order valence-electron chi connectivity index (χ4n) is 2.86. The summed E-state index contributed by atoms with van der Waals surface area (Å²) in [4.78, 5) is 23.4. The van der Waals surface area contributed by atoms with Crippen molar-refractivity contribution in [2.75, 3.05) is 37.0 Å². The number of hydrogen-bond donors (Lipinski definition) is 0. The van der Waals surface area contributed by atoms with Crippen molar-refractivity contribution in [2.24, 2.45) is 0 Å². The van der Waals surface area contributed by atoms with Crippen LogP contribution >= 0.6 is 0 Å². The summed E-state index contributed by atoms with van der Waals surface area (Å²) < 4.78 is 5.37. The van der Waals surface area contributed by atoms with E-state index < -0.39 is 0 Å². The molecule has 0 spiro atoms. The molecule has 2 aromatic heterocycles. The van der Waals surface area contributed by atoms with Crippen LogP contribution in [0.1, 0.15) is 30.3 Å². The SMILES string of the molecule is Cc1ccc([N+](=O)[O-])c(N2CCCC(c3nc(N(C)C)no3)C2)n1. The van der Waals surface area contributed by atoms with Gasteiger partial charge in [0.15, 0.2) is 0 Å². The van der Waals surface area contributed by atoms with Crippen LogP contribution in [0.4, 0.5) is 17.5 Å². The first-order valence-electron chi connectivity index (χ1n) is 7.83. The number of piperidine rings is 1. The fourth-order valence-corrected chi connectivity index (χ4v) is 2.86. The van der Waals surface area contributed by atoms with Crippen molar-refractivity contribution in [3.63, 3.8) is 0 Å². The molecule has 0 aliphatic carbocycles. The maximum atomic E-state index is 11.3. The standard InChI is InChI=1S/C15H20N6O3/c1-10-6-7-12(21(22)23)13(16-10)20-8-4-5-11(9-20)14-17-15(18-24-14)19(2)3/h6-7,11H,4-5,8-9H2,1-3H3. The van der Waals surface area contributed by atoms with E-state index in [1.807, 2.05) is 25.9 Å². The average Bonchev–Trinajstić information content (AvgIpc) is 3.05. The van der Waals surface area contributed by atoms with Crippen LogP contribution in [0.5, 0.6) is 0 Å². The largest absolute Gasteiger partial charge is 0.350 e. The third kappa shape index (κ3) is 3.15. The Kier molecular flexibility index (Phi) is 4.32. The lowest BCUT2D eigenvalue weighted by Crippen LogP contribution is -2.35. The van der Waals surface area contributed by atoms with Gasteiger partial charge in [0.1, 0.15) is 0 Å². The Morgan fingerprint density at radius 1 is 1.38 bits per heavy atom. The zero-order chi connectivity index (χ0) is 17.3. The van der Waals surface area contributed by atoms with E-state index in [1.54, 1.807) is 11.0 Å². The quantitative estimate of drug-likeness (QED) is 0.620. The van der Waals surface area contributed by atoms with Crippen LogP contribution < -0.4 is 9.80 Å². The second-order valence-corrected chi connectivity index (χ2v) is 6.16. The molecule has 0 N–H and O–H groups in total. The van der Waals surface area contributed by atoms with Gasteiger partial charge in [-0.05, 0) is 31.0 Å². The Balaban J connectivity index is 1.85. The maximum Gasteiger partial charge on any atom is 0.311 e. The topological polar surface area (TPSA) is 101 Å². The Morgan fingerprint density at radius 2 is 2.17 bits per heavy atom. The van der Waals surface area contributed by atoms with Gasteiger partial charge in [-0.3, -0.25) is 10.1 Å². The Labute approximate surface area is 139 Å². The molecule has 0 saturated carbocycles. The predicted molar refractivity (Wildman–Crippen MR) is 88.4 cm³/mol. The van der Waals surface area contributed by atoms with E-state index in [-0.39, 0.29) is 16.5 Å². The third-order valence-corrected chi connectivity index (χ3v) is 4.09. The van der Waals surface area contributed by atoms with Gasteiger partial charge in [-0.2, -0.15) is 4.98 Å². The number of aryl methyl sites for hydroxylation is 1. The van der Waals surface area contributed by atoms with Crippen molar-refractivity contribution in [3.8, 4) is 0 Å². The molecule has 0 bridgehead atoms. The minimum Gasteiger partial charge on any atom is -0.350 e. The predicted octanol–water partition coefficient (Wildman–Crippen LogP) is 2.13. The van der Waals surface area contributed by atoms with Gasteiger partial charge in [0.2, 0.25) is 11.7 Å². The van der Waals surface area contributed by atoms with Crippen LogP contribution in [0.3, 0.4) is 0 Å². The molecule has 0 aromatic carbocycles. The lowest BCUT2D eigenvalue weighted by atomic mass is 9.98. The van der Waals surface area contributed by atoms with E-state index in [9.17, 15) is 10.1 Å². The summed E-state index contributed by atoms with van der Waals surface area (Å²) in [6.45, 7) is 3.13. The van der Waals surface area contributed by atoms with Gasteiger partial charge >= 0.3 is 5.69 Å². The molecule has 9 nitrogen and oxygen atoms in total. The van der Waals surface area contributed by atoms with E-state index >= 15 is 0 Å². The molecular formula is C15H20N6O3. The molecule has 1 unspecified atom stereocenters. The van der Waals surface area contributed by atoms with Gasteiger partial charge in [-0.15, -0.1) is 0 Å². The minimum absolute atomic E-state index is 0.0285. The summed E-state index contributed by atoms with van der Waals surface area (Å²) in [5, 5.41) is 15.2. The van der Waals surface area contributed by atoms with Crippen molar-refractivity contribution in [1.82, 2.24) is 15.1 Å². The summed E-state index contributed by atoms with van der Waals surface area (Å²) in [6.07, 6.45) is 1.79. The van der Waals surface area contributed by atoms with E-state index in [2.05, 4.69) is 15.1 Å². The molecule has 128 valence electrons. The fraction of sp³-hybridized carbons (Fsp3) is 0.533. The van der Waals surface area contributed by atoms with Crippen LogP contribution in [0.2, 0.25) is 0 Å². The summed E-state index contributed by atoms with van der Waals surface area (Å²) in [5.41, 5.74) is 0.783. The lowest BCUT2D eigenvalue weighted by Gasteiger charge is -2.31. The molecule has 1 fully saturated rings. The monoisotopic (exact) mass is 332 g/mol. The number of aromatic nitrogens is 3. The van der Waals surface area contributed by atoms with Gasteiger partial charge in [-0.1, -0.05) is 0 Å². The summed E-state index contributed by atoms with van der Waals surface area (Å²) in [5.74, 6) is 1.56. The molecule has 0 amide bonds. The first kappa shape index (κ1) is 16.2.